The van der Waals surface area contributed by atoms with Crippen molar-refractivity contribution in [2.24, 2.45) is 5.73 Å². The monoisotopic (exact) mass is 345 g/mol. The van der Waals surface area contributed by atoms with Gasteiger partial charge in [0, 0.05) is 6.42 Å². The summed E-state index contributed by atoms with van der Waals surface area (Å²) in [4.78, 5) is 10.8. The number of ketones is 1. The normalized spacial score (nSPS) is 10.9. The minimum atomic E-state index is 0. The minimum Gasteiger partial charge on any atom is -0.330 e. The van der Waals surface area contributed by atoms with E-state index in [-0.39, 0.29) is 12.4 Å². The first-order valence-corrected chi connectivity index (χ1v) is 9.62. The van der Waals surface area contributed by atoms with Crippen molar-refractivity contribution < 1.29 is 4.79 Å². The molecule has 0 aromatic rings. The molecule has 0 unspecified atom stereocenters. The number of hydrogen-bond donors (Lipinski definition) is 1. The van der Waals surface area contributed by atoms with Crippen LogP contribution in [0.25, 0.3) is 0 Å². The van der Waals surface area contributed by atoms with Crippen molar-refractivity contribution in [3.8, 4) is 0 Å². The Hall–Kier alpha value is -0.340. The van der Waals surface area contributed by atoms with Gasteiger partial charge in [0.15, 0.2) is 0 Å². The van der Waals surface area contributed by atoms with Gasteiger partial charge in [-0.15, -0.1) is 12.4 Å². The van der Waals surface area contributed by atoms with Gasteiger partial charge in [0.1, 0.15) is 5.78 Å². The summed E-state index contributed by atoms with van der Waals surface area (Å²) in [5.74, 6) is 0.338. The van der Waals surface area contributed by atoms with Gasteiger partial charge in [-0.25, -0.2) is 0 Å². The summed E-state index contributed by atoms with van der Waals surface area (Å²) in [6, 6.07) is 0. The highest BCUT2D eigenvalue weighted by molar-refractivity contribution is 5.85. The molecule has 0 bridgehead atoms. The Morgan fingerprint density at radius 2 is 1.09 bits per heavy atom. The summed E-state index contributed by atoms with van der Waals surface area (Å²) in [5.41, 5.74) is 5.47. The Morgan fingerprint density at radius 1 is 0.696 bits per heavy atom. The van der Waals surface area contributed by atoms with Crippen molar-refractivity contribution >= 4 is 18.2 Å². The summed E-state index contributed by atoms with van der Waals surface area (Å²) in [6.45, 7) is 2.53. The third-order valence-corrected chi connectivity index (χ3v) is 4.14. The minimum absolute atomic E-state index is 0. The third kappa shape index (κ3) is 24.0. The predicted octanol–water partition coefficient (Wildman–Crippen LogP) is 6.36. The van der Waals surface area contributed by atoms with Crippen LogP contribution in [0.2, 0.25) is 0 Å². The van der Waals surface area contributed by atoms with E-state index in [0.29, 0.717) is 5.78 Å². The topological polar surface area (TPSA) is 43.1 Å². The van der Waals surface area contributed by atoms with Crippen molar-refractivity contribution in [2.45, 2.75) is 103 Å². The smallest absolute Gasteiger partial charge is 0.129 e. The van der Waals surface area contributed by atoms with Crippen LogP contribution in [0.3, 0.4) is 0 Å². The van der Waals surface area contributed by atoms with Gasteiger partial charge in [0.2, 0.25) is 0 Å². The fraction of sp³-hybridized carbons (Fsp3) is 0.850. The van der Waals surface area contributed by atoms with E-state index in [1.54, 1.807) is 6.92 Å². The van der Waals surface area contributed by atoms with Gasteiger partial charge in [-0.1, -0.05) is 63.5 Å². The number of unbranched alkanes of at least 4 members (excludes halogenated alkanes) is 12. The van der Waals surface area contributed by atoms with Crippen LogP contribution in [0.1, 0.15) is 103 Å². The lowest BCUT2D eigenvalue weighted by atomic mass is 10.0. The lowest BCUT2D eigenvalue weighted by Gasteiger charge is -2.01. The van der Waals surface area contributed by atoms with E-state index in [0.717, 1.165) is 19.4 Å². The van der Waals surface area contributed by atoms with Gasteiger partial charge in [-0.3, -0.25) is 0 Å². The molecule has 0 fully saturated rings. The number of rotatable bonds is 17. The van der Waals surface area contributed by atoms with Gasteiger partial charge >= 0.3 is 0 Å². The second-order valence-electron chi connectivity index (χ2n) is 6.53. The zero-order valence-electron chi connectivity index (χ0n) is 15.4. The molecule has 23 heavy (non-hydrogen) atoms. The molecule has 0 aliphatic carbocycles. The Bertz CT molecular complexity index is 266. The van der Waals surface area contributed by atoms with E-state index in [2.05, 4.69) is 12.2 Å². The molecular weight excluding hydrogens is 306 g/mol. The molecule has 0 aliphatic heterocycles. The van der Waals surface area contributed by atoms with E-state index in [9.17, 15) is 4.79 Å². The zero-order chi connectivity index (χ0) is 16.3. The number of hydrogen-bond acceptors (Lipinski definition) is 2. The average Bonchev–Trinajstić information content (AvgIpc) is 2.50. The first kappa shape index (κ1) is 24.9. The summed E-state index contributed by atoms with van der Waals surface area (Å²) in [7, 11) is 0. The van der Waals surface area contributed by atoms with E-state index in [1.807, 2.05) is 0 Å². The fourth-order valence-electron chi connectivity index (χ4n) is 2.69. The van der Waals surface area contributed by atoms with E-state index in [1.165, 1.54) is 83.5 Å². The van der Waals surface area contributed by atoms with Crippen LogP contribution in [0, 0.1) is 0 Å². The van der Waals surface area contributed by atoms with Gasteiger partial charge in [0.25, 0.3) is 0 Å². The van der Waals surface area contributed by atoms with Crippen molar-refractivity contribution in [1.29, 1.82) is 0 Å². The van der Waals surface area contributed by atoms with Crippen LogP contribution in [-0.2, 0) is 4.79 Å². The average molecular weight is 346 g/mol. The zero-order valence-corrected chi connectivity index (χ0v) is 16.2. The molecule has 0 spiro atoms. The molecule has 0 atom stereocenters. The molecule has 0 aliphatic rings. The molecule has 138 valence electrons. The van der Waals surface area contributed by atoms with Crippen LogP contribution < -0.4 is 5.73 Å². The van der Waals surface area contributed by atoms with Crippen LogP contribution in [0.4, 0.5) is 0 Å². The fourth-order valence-corrected chi connectivity index (χ4v) is 2.69. The van der Waals surface area contributed by atoms with Crippen LogP contribution in [-0.4, -0.2) is 12.3 Å². The highest BCUT2D eigenvalue weighted by Gasteiger charge is 1.95. The highest BCUT2D eigenvalue weighted by atomic mass is 35.5. The van der Waals surface area contributed by atoms with E-state index in [4.69, 9.17) is 5.73 Å². The molecular formula is C20H40ClNO. The molecule has 2 nitrogen and oxygen atoms in total. The highest BCUT2D eigenvalue weighted by Crippen LogP contribution is 2.11. The van der Waals surface area contributed by atoms with Crippen molar-refractivity contribution in [1.82, 2.24) is 0 Å². The number of Topliss-reactive ketones (excluding diaryl/α,β-unsaturated/α-hetero) is 1. The maximum absolute atomic E-state index is 10.8. The number of carbonyl (C=O) groups is 1. The van der Waals surface area contributed by atoms with Crippen LogP contribution in [0.5, 0.6) is 0 Å². The second-order valence-corrected chi connectivity index (χ2v) is 6.53. The Balaban J connectivity index is 0. The molecule has 0 rings (SSSR count). The summed E-state index contributed by atoms with van der Waals surface area (Å²) < 4.78 is 0. The van der Waals surface area contributed by atoms with Crippen LogP contribution in [0.15, 0.2) is 12.2 Å². The van der Waals surface area contributed by atoms with Gasteiger partial charge in [0.05, 0.1) is 0 Å². The Labute approximate surface area is 151 Å². The molecule has 2 N–H and O–H groups in total. The number of carbonyl (C=O) groups excluding carboxylic acids is 1. The van der Waals surface area contributed by atoms with Crippen molar-refractivity contribution in [2.75, 3.05) is 6.54 Å². The number of nitrogens with two attached hydrogens (primary N) is 1. The van der Waals surface area contributed by atoms with E-state index >= 15 is 0 Å². The third-order valence-electron chi connectivity index (χ3n) is 4.14. The summed E-state index contributed by atoms with van der Waals surface area (Å²) in [6.07, 6.45) is 23.5. The van der Waals surface area contributed by atoms with Gasteiger partial charge < -0.3 is 10.5 Å². The van der Waals surface area contributed by atoms with E-state index < -0.39 is 0 Å². The largest absolute Gasteiger partial charge is 0.330 e. The molecule has 0 heterocycles. The number of halogens is 1. The van der Waals surface area contributed by atoms with Crippen LogP contribution >= 0.6 is 12.4 Å². The number of allylic oxidation sites excluding steroid dienone is 2. The molecule has 0 radical (unpaired) electrons. The molecule has 0 saturated carbocycles. The van der Waals surface area contributed by atoms with Gasteiger partial charge in [-0.2, -0.15) is 0 Å². The molecule has 0 saturated heterocycles. The lowest BCUT2D eigenvalue weighted by Crippen LogP contribution is -1.97. The summed E-state index contributed by atoms with van der Waals surface area (Å²) >= 11 is 0. The van der Waals surface area contributed by atoms with Crippen molar-refractivity contribution in [3.63, 3.8) is 0 Å². The molecule has 0 aromatic heterocycles. The molecule has 0 amide bonds. The SMILES string of the molecule is CC(=O)CCCCCCCCCCC/C=C\CCCCCN.Cl. The summed E-state index contributed by atoms with van der Waals surface area (Å²) in [5, 5.41) is 0. The van der Waals surface area contributed by atoms with Crippen molar-refractivity contribution in [3.05, 3.63) is 12.2 Å². The first-order chi connectivity index (χ1) is 10.8. The standard InChI is InChI=1S/C20H39NO.ClH/c1-20(22)18-16-14-12-10-8-6-4-2-3-5-7-9-11-13-15-17-19-21;/h7,9H,2-6,8,10-19,21H2,1H3;1H/b9-7-;. The van der Waals surface area contributed by atoms with Gasteiger partial charge in [-0.05, 0) is 52.0 Å². The quantitative estimate of drug-likeness (QED) is 0.246. The maximum atomic E-state index is 10.8. The maximum Gasteiger partial charge on any atom is 0.129 e. The molecule has 3 heteroatoms. The second kappa shape index (κ2) is 21.7. The molecule has 0 aromatic carbocycles. The Kier molecular flexibility index (Phi) is 23.5. The first-order valence-electron chi connectivity index (χ1n) is 9.62. The predicted molar refractivity (Wildman–Crippen MR) is 105 cm³/mol. The lowest BCUT2D eigenvalue weighted by molar-refractivity contribution is -0.117. The Morgan fingerprint density at radius 3 is 1.52 bits per heavy atom.